The smallest absolute Gasteiger partial charge is 0.0431 e. The molecule has 0 aromatic rings. The van der Waals surface area contributed by atoms with Crippen molar-refractivity contribution >= 4 is 15.9 Å². The number of halogens is 1. The number of nitrogens with zero attached hydrogens (tertiary/aromatic N) is 1. The molecule has 0 saturated carbocycles. The zero-order chi connectivity index (χ0) is 10.2. The lowest BCUT2D eigenvalue weighted by Gasteiger charge is -2.23. The number of aliphatic hydroxyl groups excluding tert-OH is 1. The van der Waals surface area contributed by atoms with E-state index in [-0.39, 0.29) is 0 Å². The first-order valence-corrected chi connectivity index (χ1v) is 6.91. The van der Waals surface area contributed by atoms with Gasteiger partial charge in [-0.1, -0.05) is 15.9 Å². The first-order valence-electron chi connectivity index (χ1n) is 5.79. The quantitative estimate of drug-likeness (QED) is 0.564. The Morgan fingerprint density at radius 1 is 1.29 bits per heavy atom. The number of unbranched alkanes of at least 4 members (excludes halogenated alkanes) is 1. The maximum Gasteiger partial charge on any atom is 0.0431 e. The van der Waals surface area contributed by atoms with Gasteiger partial charge in [0, 0.05) is 18.0 Å². The van der Waals surface area contributed by atoms with Crippen LogP contribution in [0.25, 0.3) is 0 Å². The van der Waals surface area contributed by atoms with E-state index in [2.05, 4.69) is 20.8 Å². The summed E-state index contributed by atoms with van der Waals surface area (Å²) >= 11 is 3.46. The van der Waals surface area contributed by atoms with Crippen molar-refractivity contribution in [2.24, 2.45) is 0 Å². The summed E-state index contributed by atoms with van der Waals surface area (Å²) in [4.78, 5) is 2.61. The Bertz CT molecular complexity index is 143. The lowest BCUT2D eigenvalue weighted by atomic mass is 10.1. The van der Waals surface area contributed by atoms with Crippen LogP contribution in [0.2, 0.25) is 0 Å². The van der Waals surface area contributed by atoms with Gasteiger partial charge in [0.2, 0.25) is 0 Å². The molecule has 1 N–H and O–H groups in total. The van der Waals surface area contributed by atoms with Crippen molar-refractivity contribution in [2.45, 2.75) is 44.6 Å². The van der Waals surface area contributed by atoms with Crippen LogP contribution in [0, 0.1) is 0 Å². The fourth-order valence-corrected chi connectivity index (χ4v) is 2.65. The molecular weight excluding hydrogens is 242 g/mol. The standard InChI is InChI=1S/C11H22BrNO/c12-7-1-2-8-13-9-3-5-11(13)6-4-10-14/h11,14H,1-10H2. The van der Waals surface area contributed by atoms with Crippen molar-refractivity contribution in [3.63, 3.8) is 0 Å². The minimum Gasteiger partial charge on any atom is -0.396 e. The van der Waals surface area contributed by atoms with Crippen LogP contribution in [-0.4, -0.2) is 41.1 Å². The van der Waals surface area contributed by atoms with Gasteiger partial charge in [-0.3, -0.25) is 0 Å². The summed E-state index contributed by atoms with van der Waals surface area (Å²) < 4.78 is 0. The number of rotatable bonds is 7. The second-order valence-corrected chi connectivity index (χ2v) is 4.89. The zero-order valence-corrected chi connectivity index (χ0v) is 10.5. The molecule has 2 nitrogen and oxygen atoms in total. The Kier molecular flexibility index (Phi) is 6.82. The van der Waals surface area contributed by atoms with Gasteiger partial charge in [0.25, 0.3) is 0 Å². The third-order valence-corrected chi connectivity index (χ3v) is 3.58. The van der Waals surface area contributed by atoms with Gasteiger partial charge in [-0.25, -0.2) is 0 Å². The van der Waals surface area contributed by atoms with E-state index in [1.807, 2.05) is 0 Å². The topological polar surface area (TPSA) is 23.5 Å². The number of likely N-dealkylation sites (tertiary alicyclic amines) is 1. The molecule has 0 bridgehead atoms. The summed E-state index contributed by atoms with van der Waals surface area (Å²) in [5, 5.41) is 9.93. The van der Waals surface area contributed by atoms with Crippen molar-refractivity contribution < 1.29 is 5.11 Å². The van der Waals surface area contributed by atoms with Crippen LogP contribution in [0.3, 0.4) is 0 Å². The van der Waals surface area contributed by atoms with Gasteiger partial charge >= 0.3 is 0 Å². The molecule has 1 aliphatic heterocycles. The summed E-state index contributed by atoms with van der Waals surface area (Å²) in [5.74, 6) is 0. The van der Waals surface area contributed by atoms with Crippen LogP contribution in [0.1, 0.15) is 38.5 Å². The van der Waals surface area contributed by atoms with Crippen LogP contribution in [0.5, 0.6) is 0 Å². The Morgan fingerprint density at radius 2 is 2.14 bits per heavy atom. The molecule has 0 amide bonds. The van der Waals surface area contributed by atoms with Crippen molar-refractivity contribution in [2.75, 3.05) is 25.0 Å². The van der Waals surface area contributed by atoms with E-state index in [4.69, 9.17) is 5.11 Å². The summed E-state index contributed by atoms with van der Waals surface area (Å²) in [6.45, 7) is 2.88. The van der Waals surface area contributed by atoms with E-state index in [9.17, 15) is 0 Å². The second-order valence-electron chi connectivity index (χ2n) is 4.09. The van der Waals surface area contributed by atoms with Crippen molar-refractivity contribution in [3.05, 3.63) is 0 Å². The van der Waals surface area contributed by atoms with E-state index in [1.165, 1.54) is 45.2 Å². The highest BCUT2D eigenvalue weighted by Crippen LogP contribution is 2.21. The van der Waals surface area contributed by atoms with Crippen LogP contribution >= 0.6 is 15.9 Å². The van der Waals surface area contributed by atoms with Crippen molar-refractivity contribution in [3.8, 4) is 0 Å². The van der Waals surface area contributed by atoms with Crippen LogP contribution in [0.4, 0.5) is 0 Å². The monoisotopic (exact) mass is 263 g/mol. The van der Waals surface area contributed by atoms with Crippen LogP contribution in [0.15, 0.2) is 0 Å². The highest BCUT2D eigenvalue weighted by atomic mass is 79.9. The second kappa shape index (κ2) is 7.66. The Morgan fingerprint density at radius 3 is 2.86 bits per heavy atom. The summed E-state index contributed by atoms with van der Waals surface area (Å²) in [7, 11) is 0. The lowest BCUT2D eigenvalue weighted by Crippen LogP contribution is -2.30. The zero-order valence-electron chi connectivity index (χ0n) is 8.92. The molecule has 0 spiro atoms. The predicted octanol–water partition coefficient (Wildman–Crippen LogP) is 2.40. The van der Waals surface area contributed by atoms with E-state index < -0.39 is 0 Å². The molecule has 1 rings (SSSR count). The van der Waals surface area contributed by atoms with Gasteiger partial charge in [-0.15, -0.1) is 0 Å². The molecule has 1 unspecified atom stereocenters. The average molecular weight is 264 g/mol. The summed E-state index contributed by atoms with van der Waals surface area (Å²) in [6, 6.07) is 0.762. The Labute approximate surface area is 95.8 Å². The highest BCUT2D eigenvalue weighted by Gasteiger charge is 2.22. The third-order valence-electron chi connectivity index (χ3n) is 3.02. The number of hydrogen-bond acceptors (Lipinski definition) is 2. The van der Waals surface area contributed by atoms with Gasteiger partial charge < -0.3 is 10.0 Å². The number of aliphatic hydroxyl groups is 1. The van der Waals surface area contributed by atoms with Crippen LogP contribution in [-0.2, 0) is 0 Å². The SMILES string of the molecule is OCCCC1CCCN1CCCCBr. The lowest BCUT2D eigenvalue weighted by molar-refractivity contribution is 0.214. The molecule has 84 valence electrons. The largest absolute Gasteiger partial charge is 0.396 e. The molecule has 1 aliphatic rings. The van der Waals surface area contributed by atoms with E-state index >= 15 is 0 Å². The van der Waals surface area contributed by atoms with Crippen LogP contribution < -0.4 is 0 Å². The van der Waals surface area contributed by atoms with Gasteiger partial charge in [0.15, 0.2) is 0 Å². The molecular formula is C11H22BrNO. The Hall–Kier alpha value is 0.400. The molecule has 1 saturated heterocycles. The fraction of sp³-hybridized carbons (Fsp3) is 1.00. The molecule has 14 heavy (non-hydrogen) atoms. The van der Waals surface area contributed by atoms with Gasteiger partial charge in [0.05, 0.1) is 0 Å². The highest BCUT2D eigenvalue weighted by molar-refractivity contribution is 9.09. The third kappa shape index (κ3) is 4.28. The maximum atomic E-state index is 8.80. The molecule has 0 aromatic carbocycles. The summed E-state index contributed by atoms with van der Waals surface area (Å²) in [6.07, 6.45) is 7.44. The molecule has 1 atom stereocenters. The van der Waals surface area contributed by atoms with E-state index in [1.54, 1.807) is 0 Å². The van der Waals surface area contributed by atoms with Gasteiger partial charge in [-0.2, -0.15) is 0 Å². The molecule has 0 aliphatic carbocycles. The number of alkyl halides is 1. The predicted molar refractivity (Wildman–Crippen MR) is 63.9 cm³/mol. The normalized spacial score (nSPS) is 23.1. The molecule has 1 fully saturated rings. The minimum atomic E-state index is 0.353. The first-order chi connectivity index (χ1) is 6.88. The van der Waals surface area contributed by atoms with Crippen molar-refractivity contribution in [1.82, 2.24) is 4.90 Å². The van der Waals surface area contributed by atoms with Crippen molar-refractivity contribution in [1.29, 1.82) is 0 Å². The average Bonchev–Trinajstić information content (AvgIpc) is 2.63. The first kappa shape index (κ1) is 12.5. The molecule has 1 heterocycles. The van der Waals surface area contributed by atoms with Gasteiger partial charge in [-0.05, 0) is 51.6 Å². The summed E-state index contributed by atoms with van der Waals surface area (Å²) in [5.41, 5.74) is 0. The molecule has 3 heteroatoms. The molecule has 0 radical (unpaired) electrons. The Balaban J connectivity index is 2.14. The van der Waals surface area contributed by atoms with E-state index in [0.717, 1.165) is 17.8 Å². The number of hydrogen-bond donors (Lipinski definition) is 1. The maximum absolute atomic E-state index is 8.80. The fourth-order valence-electron chi connectivity index (χ4n) is 2.25. The van der Waals surface area contributed by atoms with E-state index in [0.29, 0.717) is 6.61 Å². The minimum absolute atomic E-state index is 0.353. The van der Waals surface area contributed by atoms with Gasteiger partial charge in [0.1, 0.15) is 0 Å². The molecule has 0 aromatic heterocycles.